The molecule has 1 aromatic heterocycles. The Kier molecular flexibility index (Phi) is 6.65. The van der Waals surface area contributed by atoms with Gasteiger partial charge in [0.2, 0.25) is 10.0 Å². The zero-order valence-electron chi connectivity index (χ0n) is 16.2. The first-order valence-corrected chi connectivity index (χ1v) is 10.8. The Balaban J connectivity index is 1.65. The summed E-state index contributed by atoms with van der Waals surface area (Å²) < 4.78 is 38.3. The molecule has 1 saturated heterocycles. The maximum Gasteiger partial charge on any atom is 0.316 e. The molecule has 1 aliphatic rings. The number of carbonyl (C=O) groups excluding carboxylic acids is 1. The molecule has 2 aromatic rings. The zero-order chi connectivity index (χ0) is 20.9. The molecule has 1 amide bonds. The van der Waals surface area contributed by atoms with Gasteiger partial charge >= 0.3 is 6.01 Å². The summed E-state index contributed by atoms with van der Waals surface area (Å²) >= 11 is 0. The van der Waals surface area contributed by atoms with Gasteiger partial charge in [-0.15, -0.1) is 0 Å². The SMILES string of the molecule is CCc1cnc(OC2CCCN(S(=O)(=O)c3ccc(OCC(N)=O)cc3)C2)nc1. The van der Waals surface area contributed by atoms with Gasteiger partial charge in [-0.2, -0.15) is 4.31 Å². The highest BCUT2D eigenvalue weighted by Gasteiger charge is 2.31. The number of hydrogen-bond donors (Lipinski definition) is 1. The van der Waals surface area contributed by atoms with E-state index < -0.39 is 15.9 Å². The summed E-state index contributed by atoms with van der Waals surface area (Å²) in [5, 5.41) is 0. The molecule has 0 saturated carbocycles. The fourth-order valence-corrected chi connectivity index (χ4v) is 4.48. The van der Waals surface area contributed by atoms with Crippen molar-refractivity contribution in [2.75, 3.05) is 19.7 Å². The van der Waals surface area contributed by atoms with E-state index in [1.165, 1.54) is 28.6 Å². The van der Waals surface area contributed by atoms with E-state index in [2.05, 4.69) is 9.97 Å². The molecule has 0 bridgehead atoms. The summed E-state index contributed by atoms with van der Waals surface area (Å²) in [6.45, 7) is 2.39. The van der Waals surface area contributed by atoms with Gasteiger partial charge < -0.3 is 15.2 Å². The standard InChI is InChI=1S/C19H24N4O5S/c1-2-14-10-21-19(22-11-14)28-16-4-3-9-23(12-16)29(25,26)17-7-5-15(6-8-17)27-13-18(20)24/h5-8,10-11,16H,2-4,9,12-13H2,1H3,(H2,20,24). The fourth-order valence-electron chi connectivity index (χ4n) is 2.97. The summed E-state index contributed by atoms with van der Waals surface area (Å²) in [4.78, 5) is 19.3. The van der Waals surface area contributed by atoms with E-state index >= 15 is 0 Å². The summed E-state index contributed by atoms with van der Waals surface area (Å²) in [6.07, 6.45) is 5.34. The molecule has 0 radical (unpaired) electrons. The van der Waals surface area contributed by atoms with E-state index in [0.29, 0.717) is 18.7 Å². The van der Waals surface area contributed by atoms with Gasteiger partial charge in [0.15, 0.2) is 6.61 Å². The Labute approximate surface area is 169 Å². The van der Waals surface area contributed by atoms with Crippen LogP contribution in [0.3, 0.4) is 0 Å². The second-order valence-electron chi connectivity index (χ2n) is 6.70. The Bertz CT molecular complexity index is 932. The average Bonchev–Trinajstić information content (AvgIpc) is 2.73. The van der Waals surface area contributed by atoms with E-state index in [1.54, 1.807) is 12.4 Å². The lowest BCUT2D eigenvalue weighted by Gasteiger charge is -2.31. The molecule has 1 aromatic carbocycles. The smallest absolute Gasteiger partial charge is 0.316 e. The number of rotatable bonds is 8. The number of piperidine rings is 1. The summed E-state index contributed by atoms with van der Waals surface area (Å²) in [7, 11) is -3.68. The number of nitrogens with two attached hydrogens (primary N) is 1. The lowest BCUT2D eigenvalue weighted by Crippen LogP contribution is -2.44. The van der Waals surface area contributed by atoms with Crippen LogP contribution >= 0.6 is 0 Å². The molecular weight excluding hydrogens is 396 g/mol. The molecule has 29 heavy (non-hydrogen) atoms. The maximum absolute atomic E-state index is 13.0. The van der Waals surface area contributed by atoms with Gasteiger partial charge in [0.05, 0.1) is 11.4 Å². The molecule has 2 heterocycles. The molecule has 0 spiro atoms. The highest BCUT2D eigenvalue weighted by molar-refractivity contribution is 7.89. The number of benzene rings is 1. The van der Waals surface area contributed by atoms with Crippen molar-refractivity contribution in [1.82, 2.24) is 14.3 Å². The van der Waals surface area contributed by atoms with Crippen LogP contribution in [0.25, 0.3) is 0 Å². The van der Waals surface area contributed by atoms with Crippen molar-refractivity contribution in [3.63, 3.8) is 0 Å². The van der Waals surface area contributed by atoms with Crippen LogP contribution in [-0.2, 0) is 21.2 Å². The van der Waals surface area contributed by atoms with Crippen LogP contribution in [0, 0.1) is 0 Å². The molecule has 0 aliphatic carbocycles. The minimum Gasteiger partial charge on any atom is -0.484 e. The topological polar surface area (TPSA) is 125 Å². The van der Waals surface area contributed by atoms with Gasteiger partial charge in [0, 0.05) is 18.9 Å². The van der Waals surface area contributed by atoms with Crippen molar-refractivity contribution < 1.29 is 22.7 Å². The van der Waals surface area contributed by atoms with E-state index in [1.807, 2.05) is 6.92 Å². The number of primary amides is 1. The van der Waals surface area contributed by atoms with Crippen LogP contribution in [-0.4, -0.2) is 54.4 Å². The lowest BCUT2D eigenvalue weighted by atomic mass is 10.1. The third kappa shape index (κ3) is 5.42. The lowest BCUT2D eigenvalue weighted by molar-refractivity contribution is -0.119. The molecule has 10 heteroatoms. The van der Waals surface area contributed by atoms with E-state index in [0.717, 1.165) is 18.4 Å². The van der Waals surface area contributed by atoms with Crippen molar-refractivity contribution in [3.8, 4) is 11.8 Å². The van der Waals surface area contributed by atoms with E-state index in [9.17, 15) is 13.2 Å². The number of ether oxygens (including phenoxy) is 2. The first kappa shape index (κ1) is 21.0. The number of aryl methyl sites for hydroxylation is 1. The summed E-state index contributed by atoms with van der Waals surface area (Å²) in [5.41, 5.74) is 6.04. The molecule has 3 rings (SSSR count). The predicted molar refractivity (Wildman–Crippen MR) is 105 cm³/mol. The molecule has 2 N–H and O–H groups in total. The molecule has 1 aliphatic heterocycles. The van der Waals surface area contributed by atoms with Crippen molar-refractivity contribution in [3.05, 3.63) is 42.2 Å². The maximum atomic E-state index is 13.0. The number of sulfonamides is 1. The number of carbonyl (C=O) groups is 1. The van der Waals surface area contributed by atoms with E-state index in [4.69, 9.17) is 15.2 Å². The van der Waals surface area contributed by atoms with Gasteiger partial charge in [-0.3, -0.25) is 4.79 Å². The summed E-state index contributed by atoms with van der Waals surface area (Å²) in [6, 6.07) is 6.14. The van der Waals surface area contributed by atoms with Crippen molar-refractivity contribution in [2.24, 2.45) is 5.73 Å². The van der Waals surface area contributed by atoms with Crippen molar-refractivity contribution in [1.29, 1.82) is 0 Å². The fraction of sp³-hybridized carbons (Fsp3) is 0.421. The number of nitrogens with zero attached hydrogens (tertiary/aromatic N) is 3. The van der Waals surface area contributed by atoms with Gasteiger partial charge in [0.25, 0.3) is 5.91 Å². The molecule has 1 unspecified atom stereocenters. The minimum absolute atomic E-state index is 0.146. The van der Waals surface area contributed by atoms with Gasteiger partial charge in [-0.1, -0.05) is 6.92 Å². The first-order chi connectivity index (χ1) is 13.9. The normalized spacial score (nSPS) is 17.6. The van der Waals surface area contributed by atoms with Crippen molar-refractivity contribution >= 4 is 15.9 Å². The number of aromatic nitrogens is 2. The Morgan fingerprint density at radius 3 is 2.55 bits per heavy atom. The molecule has 156 valence electrons. The predicted octanol–water partition coefficient (Wildman–Crippen LogP) is 1.14. The second kappa shape index (κ2) is 9.19. The van der Waals surface area contributed by atoms with Crippen LogP contribution in [0.4, 0.5) is 0 Å². The van der Waals surface area contributed by atoms with E-state index in [-0.39, 0.29) is 30.2 Å². The zero-order valence-corrected chi connectivity index (χ0v) is 17.0. The molecular formula is C19H24N4O5S. The first-order valence-electron chi connectivity index (χ1n) is 9.37. The Morgan fingerprint density at radius 2 is 1.93 bits per heavy atom. The Morgan fingerprint density at radius 1 is 1.24 bits per heavy atom. The number of hydrogen-bond acceptors (Lipinski definition) is 7. The summed E-state index contributed by atoms with van der Waals surface area (Å²) in [5.74, 6) is -0.232. The van der Waals surface area contributed by atoms with Crippen LogP contribution in [0.2, 0.25) is 0 Å². The highest BCUT2D eigenvalue weighted by atomic mass is 32.2. The van der Waals surface area contributed by atoms with Gasteiger partial charge in [-0.25, -0.2) is 18.4 Å². The Hall–Kier alpha value is -2.72. The van der Waals surface area contributed by atoms with Gasteiger partial charge in [-0.05, 0) is 49.1 Å². The molecule has 1 fully saturated rings. The molecule has 1 atom stereocenters. The van der Waals surface area contributed by atoms with Crippen LogP contribution in [0.15, 0.2) is 41.6 Å². The van der Waals surface area contributed by atoms with Crippen LogP contribution in [0.1, 0.15) is 25.3 Å². The number of amides is 1. The third-order valence-corrected chi connectivity index (χ3v) is 6.42. The third-order valence-electron chi connectivity index (χ3n) is 4.55. The largest absolute Gasteiger partial charge is 0.484 e. The van der Waals surface area contributed by atoms with Gasteiger partial charge in [0.1, 0.15) is 11.9 Å². The quantitative estimate of drug-likeness (QED) is 0.679. The van der Waals surface area contributed by atoms with Crippen LogP contribution in [0.5, 0.6) is 11.8 Å². The monoisotopic (exact) mass is 420 g/mol. The average molecular weight is 420 g/mol. The van der Waals surface area contributed by atoms with Crippen LogP contribution < -0.4 is 15.2 Å². The van der Waals surface area contributed by atoms with Crippen molar-refractivity contribution in [2.45, 2.75) is 37.2 Å². The highest BCUT2D eigenvalue weighted by Crippen LogP contribution is 2.24. The minimum atomic E-state index is -3.68. The second-order valence-corrected chi connectivity index (χ2v) is 8.64. The molecule has 9 nitrogen and oxygen atoms in total.